The summed E-state index contributed by atoms with van der Waals surface area (Å²) in [5.41, 5.74) is 1.21. The van der Waals surface area contributed by atoms with Crippen molar-refractivity contribution in [3.63, 3.8) is 0 Å². The molecule has 1 aromatic carbocycles. The van der Waals surface area contributed by atoms with Crippen molar-refractivity contribution in [2.45, 2.75) is 37.8 Å². The molecule has 1 aromatic heterocycles. The Morgan fingerprint density at radius 2 is 2.16 bits per heavy atom. The average Bonchev–Trinajstić information content (AvgIpc) is 3.10. The van der Waals surface area contributed by atoms with Crippen LogP contribution in [0.3, 0.4) is 0 Å². The van der Waals surface area contributed by atoms with Crippen LogP contribution in [0.2, 0.25) is 0 Å². The molecular formula is C18H22N4O3. The largest absolute Gasteiger partial charge is 0.490 e. The van der Waals surface area contributed by atoms with E-state index in [1.165, 1.54) is 0 Å². The summed E-state index contributed by atoms with van der Waals surface area (Å²) in [4.78, 5) is 31.7. The second-order valence-corrected chi connectivity index (χ2v) is 6.09. The molecule has 1 atom stereocenters. The van der Waals surface area contributed by atoms with Crippen molar-refractivity contribution in [2.24, 2.45) is 0 Å². The van der Waals surface area contributed by atoms with Crippen LogP contribution in [0, 0.1) is 0 Å². The highest BCUT2D eigenvalue weighted by atomic mass is 16.5. The molecule has 0 saturated heterocycles. The lowest BCUT2D eigenvalue weighted by atomic mass is 9.96. The average molecular weight is 342 g/mol. The van der Waals surface area contributed by atoms with Crippen LogP contribution in [0.25, 0.3) is 0 Å². The molecule has 0 unspecified atom stereocenters. The zero-order valence-electron chi connectivity index (χ0n) is 14.1. The molecule has 0 radical (unpaired) electrons. The van der Waals surface area contributed by atoms with E-state index in [9.17, 15) is 9.59 Å². The fourth-order valence-electron chi connectivity index (χ4n) is 2.66. The molecule has 0 bridgehead atoms. The highest BCUT2D eigenvalue weighted by Gasteiger charge is 2.25. The summed E-state index contributed by atoms with van der Waals surface area (Å²) in [5.74, 6) is -0.0368. The zero-order valence-corrected chi connectivity index (χ0v) is 14.1. The van der Waals surface area contributed by atoms with Gasteiger partial charge in [-0.3, -0.25) is 9.59 Å². The number of carbonyl (C=O) groups excluding carboxylic acids is 2. The third kappa shape index (κ3) is 4.17. The third-order valence-corrected chi connectivity index (χ3v) is 4.32. The topological polar surface area (TPSA) is 96.1 Å². The van der Waals surface area contributed by atoms with Crippen LogP contribution in [0.1, 0.15) is 35.3 Å². The Labute approximate surface area is 146 Å². The van der Waals surface area contributed by atoms with Crippen molar-refractivity contribution in [3.05, 3.63) is 48.0 Å². The third-order valence-electron chi connectivity index (χ3n) is 4.32. The maximum atomic E-state index is 12.7. The summed E-state index contributed by atoms with van der Waals surface area (Å²) in [6.45, 7) is 0. The Bertz CT molecular complexity index is 726. The van der Waals surface area contributed by atoms with Gasteiger partial charge in [0.2, 0.25) is 5.91 Å². The van der Waals surface area contributed by atoms with E-state index < -0.39 is 6.04 Å². The summed E-state index contributed by atoms with van der Waals surface area (Å²) in [6.07, 6.45) is 6.86. The minimum absolute atomic E-state index is 0.175. The number of ether oxygens (including phenoxy) is 1. The number of hydrogen-bond donors (Lipinski definition) is 3. The van der Waals surface area contributed by atoms with Gasteiger partial charge in [0.05, 0.1) is 18.0 Å². The van der Waals surface area contributed by atoms with E-state index in [1.54, 1.807) is 37.8 Å². The number of carbonyl (C=O) groups is 2. The van der Waals surface area contributed by atoms with Gasteiger partial charge in [-0.05, 0) is 31.4 Å². The van der Waals surface area contributed by atoms with Crippen molar-refractivity contribution in [3.8, 4) is 5.75 Å². The van der Waals surface area contributed by atoms with Gasteiger partial charge in [0.1, 0.15) is 11.8 Å². The van der Waals surface area contributed by atoms with Gasteiger partial charge in [0, 0.05) is 25.4 Å². The first-order chi connectivity index (χ1) is 12.2. The van der Waals surface area contributed by atoms with Gasteiger partial charge in [-0.15, -0.1) is 0 Å². The molecular weight excluding hydrogens is 320 g/mol. The van der Waals surface area contributed by atoms with Crippen molar-refractivity contribution in [1.29, 1.82) is 0 Å². The zero-order chi connectivity index (χ0) is 17.6. The second kappa shape index (κ2) is 7.83. The Kier molecular flexibility index (Phi) is 5.33. The first-order valence-corrected chi connectivity index (χ1v) is 8.42. The molecule has 1 aliphatic carbocycles. The highest BCUT2D eigenvalue weighted by Crippen LogP contribution is 2.27. The van der Waals surface area contributed by atoms with Crippen LogP contribution < -0.4 is 15.4 Å². The van der Waals surface area contributed by atoms with Crippen molar-refractivity contribution in [2.75, 3.05) is 7.05 Å². The fraction of sp³-hybridized carbons (Fsp3) is 0.389. The summed E-state index contributed by atoms with van der Waals surface area (Å²) in [5, 5.41) is 5.37. The summed E-state index contributed by atoms with van der Waals surface area (Å²) in [7, 11) is 1.54. The minimum Gasteiger partial charge on any atom is -0.490 e. The first-order valence-electron chi connectivity index (χ1n) is 8.42. The van der Waals surface area contributed by atoms with Crippen molar-refractivity contribution < 1.29 is 14.3 Å². The van der Waals surface area contributed by atoms with Crippen LogP contribution in [0.15, 0.2) is 36.8 Å². The Morgan fingerprint density at radius 3 is 2.80 bits per heavy atom. The van der Waals surface area contributed by atoms with Gasteiger partial charge >= 0.3 is 0 Å². The number of amides is 2. The van der Waals surface area contributed by atoms with E-state index in [-0.39, 0.29) is 17.9 Å². The van der Waals surface area contributed by atoms with E-state index in [0.717, 1.165) is 25.0 Å². The Morgan fingerprint density at radius 1 is 1.36 bits per heavy atom. The molecule has 7 nitrogen and oxygen atoms in total. The molecule has 3 rings (SSSR count). The molecule has 7 heteroatoms. The van der Waals surface area contributed by atoms with E-state index in [1.807, 2.05) is 6.07 Å². The maximum absolute atomic E-state index is 12.7. The van der Waals surface area contributed by atoms with Crippen LogP contribution in [-0.4, -0.2) is 41.0 Å². The van der Waals surface area contributed by atoms with Crippen molar-refractivity contribution in [1.82, 2.24) is 20.6 Å². The second-order valence-electron chi connectivity index (χ2n) is 6.09. The van der Waals surface area contributed by atoms with Crippen LogP contribution in [0.4, 0.5) is 0 Å². The predicted octanol–water partition coefficient (Wildman–Crippen LogP) is 1.43. The molecule has 1 fully saturated rings. The lowest BCUT2D eigenvalue weighted by molar-refractivity contribution is -0.122. The lowest BCUT2D eigenvalue weighted by Crippen LogP contribution is -2.47. The minimum atomic E-state index is -0.699. The number of imidazole rings is 1. The number of nitrogens with zero attached hydrogens (tertiary/aromatic N) is 1. The monoisotopic (exact) mass is 342 g/mol. The van der Waals surface area contributed by atoms with Gasteiger partial charge < -0.3 is 20.4 Å². The molecule has 25 heavy (non-hydrogen) atoms. The van der Waals surface area contributed by atoms with Gasteiger partial charge in [0.15, 0.2) is 0 Å². The van der Waals surface area contributed by atoms with E-state index in [4.69, 9.17) is 4.74 Å². The first kappa shape index (κ1) is 17.0. The lowest BCUT2D eigenvalue weighted by Gasteiger charge is -2.27. The molecule has 1 saturated carbocycles. The normalized spacial score (nSPS) is 15.1. The molecule has 2 aromatic rings. The van der Waals surface area contributed by atoms with E-state index >= 15 is 0 Å². The predicted molar refractivity (Wildman–Crippen MR) is 92.3 cm³/mol. The Balaban J connectivity index is 1.73. The van der Waals surface area contributed by atoms with Crippen LogP contribution in [-0.2, 0) is 11.2 Å². The molecule has 2 amide bonds. The number of aromatic nitrogens is 2. The molecule has 0 spiro atoms. The maximum Gasteiger partial charge on any atom is 0.255 e. The quantitative estimate of drug-likeness (QED) is 0.709. The van der Waals surface area contributed by atoms with E-state index in [2.05, 4.69) is 20.6 Å². The number of para-hydroxylation sites is 1. The van der Waals surface area contributed by atoms with Gasteiger partial charge in [-0.25, -0.2) is 4.98 Å². The number of aromatic amines is 1. The van der Waals surface area contributed by atoms with Crippen molar-refractivity contribution >= 4 is 11.8 Å². The number of hydrogen-bond acceptors (Lipinski definition) is 4. The SMILES string of the molecule is CNC(=O)[C@H](Cc1cnc[nH]1)NC(=O)c1ccccc1OC1CCC1. The van der Waals surface area contributed by atoms with Gasteiger partial charge in [-0.2, -0.15) is 0 Å². The molecule has 0 aliphatic heterocycles. The number of nitrogens with one attached hydrogen (secondary N) is 3. The standard InChI is InChI=1S/C18H22N4O3/c1-19-18(24)15(9-12-10-20-11-21-12)22-17(23)14-7-2-3-8-16(14)25-13-5-4-6-13/h2-3,7-8,10-11,13,15H,4-6,9H2,1H3,(H,19,24)(H,20,21)(H,22,23)/t15-/m0/s1. The van der Waals surface area contributed by atoms with Crippen LogP contribution >= 0.6 is 0 Å². The number of benzene rings is 1. The summed E-state index contributed by atoms with van der Waals surface area (Å²) >= 11 is 0. The highest BCUT2D eigenvalue weighted by molar-refractivity contribution is 5.99. The van der Waals surface area contributed by atoms with Crippen LogP contribution in [0.5, 0.6) is 5.75 Å². The number of H-pyrrole nitrogens is 1. The van der Waals surface area contributed by atoms with Gasteiger partial charge in [0.25, 0.3) is 5.91 Å². The van der Waals surface area contributed by atoms with Gasteiger partial charge in [-0.1, -0.05) is 12.1 Å². The number of rotatable bonds is 7. The molecule has 132 valence electrons. The fourth-order valence-corrected chi connectivity index (χ4v) is 2.66. The smallest absolute Gasteiger partial charge is 0.255 e. The Hall–Kier alpha value is -2.83. The van der Waals surface area contributed by atoms with E-state index in [0.29, 0.717) is 17.7 Å². The molecule has 3 N–H and O–H groups in total. The molecule has 1 aliphatic rings. The molecule has 1 heterocycles. The summed E-state index contributed by atoms with van der Waals surface area (Å²) in [6, 6.07) is 6.42. The summed E-state index contributed by atoms with van der Waals surface area (Å²) < 4.78 is 5.90. The number of likely N-dealkylation sites (N-methyl/N-ethyl adjacent to an activating group) is 1.